The van der Waals surface area contributed by atoms with Gasteiger partial charge in [0.15, 0.2) is 0 Å². The highest BCUT2D eigenvalue weighted by Crippen LogP contribution is 2.25. The van der Waals surface area contributed by atoms with E-state index < -0.39 is 0 Å². The first-order valence-electron chi connectivity index (χ1n) is 6.48. The Bertz CT molecular complexity index is 666. The zero-order valence-electron chi connectivity index (χ0n) is 11.2. The first-order valence-corrected chi connectivity index (χ1v) is 8.45. The molecule has 2 heterocycles. The Morgan fingerprint density at radius 2 is 1.86 bits per heavy atom. The normalized spacial score (nSPS) is 14.0. The summed E-state index contributed by atoms with van der Waals surface area (Å²) in [6, 6.07) is 13.6. The lowest BCUT2D eigenvalue weighted by atomic mass is 10.1. The summed E-state index contributed by atoms with van der Waals surface area (Å²) in [5, 5.41) is 4.10. The van der Waals surface area contributed by atoms with Crippen molar-refractivity contribution in [2.75, 3.05) is 11.5 Å². The maximum Gasteiger partial charge on any atom is 0.290 e. The fourth-order valence-corrected chi connectivity index (χ4v) is 3.95. The van der Waals surface area contributed by atoms with Gasteiger partial charge in [-0.1, -0.05) is 53.9 Å². The lowest BCUT2D eigenvalue weighted by molar-refractivity contribution is 0.0950. The molecule has 2 aromatic rings. The minimum atomic E-state index is -0.284. The van der Waals surface area contributed by atoms with Crippen molar-refractivity contribution in [1.82, 2.24) is 10.4 Å². The van der Waals surface area contributed by atoms with Gasteiger partial charge in [-0.25, -0.2) is 5.43 Å². The molecule has 0 saturated carbocycles. The van der Waals surface area contributed by atoms with Crippen LogP contribution >= 0.6 is 23.5 Å². The fraction of sp³-hybridized carbons (Fsp3) is 0.133. The van der Waals surface area contributed by atoms with Crippen LogP contribution in [0, 0.1) is 0 Å². The molecular formula is C15H13N3OS2. The molecule has 1 fully saturated rings. The van der Waals surface area contributed by atoms with Gasteiger partial charge in [-0.15, -0.1) is 0 Å². The molecule has 1 amide bonds. The molecule has 1 aromatic carbocycles. The first kappa shape index (κ1) is 14.2. The maximum atomic E-state index is 12.1. The predicted octanol–water partition coefficient (Wildman–Crippen LogP) is 3.23. The summed E-state index contributed by atoms with van der Waals surface area (Å²) in [6.07, 6.45) is 1.64. The van der Waals surface area contributed by atoms with Crippen molar-refractivity contribution < 1.29 is 4.79 Å². The second-order valence-corrected chi connectivity index (χ2v) is 6.74. The van der Waals surface area contributed by atoms with Crippen molar-refractivity contribution in [2.24, 2.45) is 5.10 Å². The second-order valence-electron chi connectivity index (χ2n) is 4.31. The molecule has 6 heteroatoms. The van der Waals surface area contributed by atoms with Crippen LogP contribution in [0.15, 0.2) is 53.8 Å². The van der Waals surface area contributed by atoms with Crippen molar-refractivity contribution in [1.29, 1.82) is 0 Å². The third-order valence-corrected chi connectivity index (χ3v) is 5.34. The lowest BCUT2D eigenvalue weighted by Gasteiger charge is -2.04. The number of hydrogen-bond donors (Lipinski definition) is 1. The number of thioether (sulfide) groups is 2. The average molecular weight is 315 g/mol. The van der Waals surface area contributed by atoms with Crippen LogP contribution in [-0.2, 0) is 0 Å². The number of aromatic nitrogens is 1. The average Bonchev–Trinajstić information content (AvgIpc) is 3.07. The van der Waals surface area contributed by atoms with Crippen molar-refractivity contribution in [3.05, 3.63) is 54.4 Å². The molecule has 3 rings (SSSR count). The number of pyridine rings is 1. The van der Waals surface area contributed by atoms with Gasteiger partial charge in [0, 0.05) is 17.7 Å². The Hall–Kier alpha value is -1.79. The van der Waals surface area contributed by atoms with E-state index in [1.165, 1.54) is 0 Å². The third kappa shape index (κ3) is 3.65. The number of benzene rings is 1. The van der Waals surface area contributed by atoms with Crippen molar-refractivity contribution in [2.45, 2.75) is 0 Å². The van der Waals surface area contributed by atoms with E-state index >= 15 is 0 Å². The van der Waals surface area contributed by atoms with E-state index in [4.69, 9.17) is 0 Å². The van der Waals surface area contributed by atoms with E-state index in [0.717, 1.165) is 27.0 Å². The summed E-state index contributed by atoms with van der Waals surface area (Å²) >= 11 is 3.31. The van der Waals surface area contributed by atoms with E-state index in [-0.39, 0.29) is 5.91 Å². The van der Waals surface area contributed by atoms with Gasteiger partial charge in [0.2, 0.25) is 0 Å². The van der Waals surface area contributed by atoms with Gasteiger partial charge in [0.25, 0.3) is 5.91 Å². The molecule has 1 aliphatic rings. The molecule has 4 nitrogen and oxygen atoms in total. The Balaban J connectivity index is 1.76. The SMILES string of the molecule is O=C(NN=C1SCCS1)c1cc(-c2ccccc2)ccn1. The van der Waals surface area contributed by atoms with Gasteiger partial charge >= 0.3 is 0 Å². The van der Waals surface area contributed by atoms with Crippen LogP contribution in [0.3, 0.4) is 0 Å². The highest BCUT2D eigenvalue weighted by molar-refractivity contribution is 8.41. The highest BCUT2D eigenvalue weighted by Gasteiger charge is 2.12. The van der Waals surface area contributed by atoms with Gasteiger partial charge in [0.05, 0.1) is 0 Å². The Kier molecular flexibility index (Phi) is 4.57. The molecule has 0 unspecified atom stereocenters. The summed E-state index contributed by atoms with van der Waals surface area (Å²) in [4.78, 5) is 16.2. The van der Waals surface area contributed by atoms with Gasteiger partial charge in [0.1, 0.15) is 10.1 Å². The molecular weight excluding hydrogens is 302 g/mol. The Morgan fingerprint density at radius 3 is 2.62 bits per heavy atom. The summed E-state index contributed by atoms with van der Waals surface area (Å²) in [5.41, 5.74) is 4.96. The first-order chi connectivity index (χ1) is 10.3. The zero-order chi connectivity index (χ0) is 14.5. The maximum absolute atomic E-state index is 12.1. The molecule has 0 aliphatic carbocycles. The van der Waals surface area contributed by atoms with Crippen molar-refractivity contribution in [3.63, 3.8) is 0 Å². The van der Waals surface area contributed by atoms with Crippen LogP contribution in [0.2, 0.25) is 0 Å². The second kappa shape index (κ2) is 6.78. The molecule has 1 aliphatic heterocycles. The lowest BCUT2D eigenvalue weighted by Crippen LogP contribution is -2.19. The molecule has 106 valence electrons. The summed E-state index contributed by atoms with van der Waals surface area (Å²) in [7, 11) is 0. The number of rotatable bonds is 3. The van der Waals surface area contributed by atoms with Crippen LogP contribution in [0.5, 0.6) is 0 Å². The molecule has 1 aromatic heterocycles. The molecule has 1 saturated heterocycles. The number of carbonyl (C=O) groups excluding carboxylic acids is 1. The molecule has 0 radical (unpaired) electrons. The molecule has 0 spiro atoms. The van der Waals surface area contributed by atoms with E-state index in [9.17, 15) is 4.79 Å². The Morgan fingerprint density at radius 1 is 1.10 bits per heavy atom. The molecule has 1 N–H and O–H groups in total. The molecule has 0 atom stereocenters. The summed E-state index contributed by atoms with van der Waals surface area (Å²) < 4.78 is 0.905. The van der Waals surface area contributed by atoms with Crippen LogP contribution in [0.25, 0.3) is 11.1 Å². The number of carbonyl (C=O) groups is 1. The van der Waals surface area contributed by atoms with Gasteiger partial charge in [-0.2, -0.15) is 5.10 Å². The summed E-state index contributed by atoms with van der Waals surface area (Å²) in [6.45, 7) is 0. The minimum Gasteiger partial charge on any atom is -0.266 e. The monoisotopic (exact) mass is 315 g/mol. The van der Waals surface area contributed by atoms with E-state index in [2.05, 4.69) is 15.5 Å². The molecule has 0 bridgehead atoms. The van der Waals surface area contributed by atoms with Crippen molar-refractivity contribution in [3.8, 4) is 11.1 Å². The van der Waals surface area contributed by atoms with Gasteiger partial charge in [-0.05, 0) is 23.3 Å². The quantitative estimate of drug-likeness (QED) is 0.884. The standard InChI is InChI=1S/C15H13N3OS2/c19-14(17-18-15-20-8-9-21-15)13-10-12(6-7-16-13)11-4-2-1-3-5-11/h1-7,10H,8-9H2,(H,17,19). The van der Waals surface area contributed by atoms with Crippen LogP contribution in [-0.4, -0.2) is 26.8 Å². The number of hydrogen-bond acceptors (Lipinski definition) is 5. The summed E-state index contributed by atoms with van der Waals surface area (Å²) in [5.74, 6) is 1.80. The van der Waals surface area contributed by atoms with Crippen LogP contribution < -0.4 is 5.43 Å². The number of nitrogens with one attached hydrogen (secondary N) is 1. The van der Waals surface area contributed by atoms with E-state index in [1.54, 1.807) is 35.8 Å². The molecule has 21 heavy (non-hydrogen) atoms. The zero-order valence-corrected chi connectivity index (χ0v) is 12.8. The Labute approximate surface area is 131 Å². The topological polar surface area (TPSA) is 54.4 Å². The fourth-order valence-electron chi connectivity index (χ4n) is 1.88. The van der Waals surface area contributed by atoms with E-state index in [0.29, 0.717) is 5.69 Å². The number of amides is 1. The van der Waals surface area contributed by atoms with E-state index in [1.807, 2.05) is 36.4 Å². The smallest absolute Gasteiger partial charge is 0.266 e. The van der Waals surface area contributed by atoms with Crippen molar-refractivity contribution >= 4 is 33.8 Å². The third-order valence-electron chi connectivity index (χ3n) is 2.88. The van der Waals surface area contributed by atoms with Gasteiger partial charge in [-0.3, -0.25) is 9.78 Å². The number of nitrogens with zero attached hydrogens (tertiary/aromatic N) is 2. The van der Waals surface area contributed by atoms with Crippen LogP contribution in [0.4, 0.5) is 0 Å². The minimum absolute atomic E-state index is 0.284. The van der Waals surface area contributed by atoms with Crippen LogP contribution in [0.1, 0.15) is 10.5 Å². The number of hydrazone groups is 1. The van der Waals surface area contributed by atoms with Gasteiger partial charge < -0.3 is 0 Å². The largest absolute Gasteiger partial charge is 0.290 e. The predicted molar refractivity (Wildman–Crippen MR) is 89.5 cm³/mol. The highest BCUT2D eigenvalue weighted by atomic mass is 32.2.